The maximum absolute atomic E-state index is 10.8. The highest BCUT2D eigenvalue weighted by atomic mass is 32.2. The van der Waals surface area contributed by atoms with Gasteiger partial charge in [0.05, 0.1) is 31.7 Å². The first-order chi connectivity index (χ1) is 9.94. The minimum atomic E-state index is -3.96. The van der Waals surface area contributed by atoms with E-state index in [0.717, 1.165) is 0 Å². The predicted molar refractivity (Wildman–Crippen MR) is 72.2 cm³/mol. The van der Waals surface area contributed by atoms with Gasteiger partial charge < -0.3 is 15.0 Å². The van der Waals surface area contributed by atoms with Gasteiger partial charge in [-0.3, -0.25) is 4.18 Å². The molecule has 1 fully saturated rings. The summed E-state index contributed by atoms with van der Waals surface area (Å²) in [6.45, 7) is 0.285. The number of hydrogen-bond donors (Lipinski definition) is 2. The van der Waals surface area contributed by atoms with E-state index in [1.54, 1.807) is 6.33 Å². The first-order valence-corrected chi connectivity index (χ1v) is 7.63. The molecule has 0 saturated carbocycles. The van der Waals surface area contributed by atoms with Crippen molar-refractivity contribution < 1.29 is 17.3 Å². The Kier molecular flexibility index (Phi) is 3.49. The Morgan fingerprint density at radius 2 is 2.24 bits per heavy atom. The summed E-state index contributed by atoms with van der Waals surface area (Å²) in [6.07, 6.45) is 3.19. The molecule has 10 nitrogen and oxygen atoms in total. The van der Waals surface area contributed by atoms with E-state index < -0.39 is 10.3 Å². The number of imidazole rings is 1. The highest BCUT2D eigenvalue weighted by Gasteiger charge is 2.29. The molecule has 1 aliphatic heterocycles. The normalized spacial score (nSPS) is 22.9. The lowest BCUT2D eigenvalue weighted by molar-refractivity contribution is 0.0682. The van der Waals surface area contributed by atoms with Crippen LogP contribution in [-0.2, 0) is 19.2 Å². The first kappa shape index (κ1) is 14.1. The lowest BCUT2D eigenvalue weighted by Gasteiger charge is -2.10. The van der Waals surface area contributed by atoms with Crippen molar-refractivity contribution in [3.05, 3.63) is 12.7 Å². The summed E-state index contributed by atoms with van der Waals surface area (Å²) in [5.41, 5.74) is 6.88. The van der Waals surface area contributed by atoms with E-state index in [-0.39, 0.29) is 18.8 Å². The molecule has 21 heavy (non-hydrogen) atoms. The summed E-state index contributed by atoms with van der Waals surface area (Å²) < 4.78 is 33.4. The van der Waals surface area contributed by atoms with Crippen LogP contribution < -0.4 is 10.9 Å². The Balaban J connectivity index is 1.75. The molecular weight excluding hydrogens is 300 g/mol. The fraction of sp³-hybridized carbons (Fsp3) is 0.500. The number of nitrogen functional groups attached to an aromatic ring is 1. The van der Waals surface area contributed by atoms with Crippen LogP contribution in [-0.4, -0.2) is 47.3 Å². The molecule has 114 valence electrons. The second-order valence-corrected chi connectivity index (χ2v) is 5.93. The number of nitrogens with zero attached hydrogens (tertiary/aromatic N) is 4. The van der Waals surface area contributed by atoms with Crippen molar-refractivity contribution in [3.63, 3.8) is 0 Å². The summed E-state index contributed by atoms with van der Waals surface area (Å²) >= 11 is 0. The third-order valence-corrected chi connectivity index (χ3v) is 3.72. The monoisotopic (exact) mass is 314 g/mol. The fourth-order valence-electron chi connectivity index (χ4n) is 2.30. The zero-order valence-electron chi connectivity index (χ0n) is 10.9. The van der Waals surface area contributed by atoms with Gasteiger partial charge in [0.1, 0.15) is 11.8 Å². The van der Waals surface area contributed by atoms with Crippen molar-refractivity contribution in [2.45, 2.75) is 18.6 Å². The quantitative estimate of drug-likeness (QED) is 0.726. The average Bonchev–Trinajstić information content (AvgIpc) is 3.02. The molecule has 2 aromatic heterocycles. The van der Waals surface area contributed by atoms with Gasteiger partial charge in [0, 0.05) is 0 Å². The third kappa shape index (κ3) is 2.95. The van der Waals surface area contributed by atoms with E-state index in [0.29, 0.717) is 30.0 Å². The van der Waals surface area contributed by atoms with Crippen molar-refractivity contribution in [2.75, 3.05) is 18.9 Å². The van der Waals surface area contributed by atoms with Gasteiger partial charge in [-0.25, -0.2) is 20.1 Å². The molecule has 4 N–H and O–H groups in total. The van der Waals surface area contributed by atoms with E-state index >= 15 is 0 Å². The Hall–Kier alpha value is -1.82. The predicted octanol–water partition coefficient (Wildman–Crippen LogP) is -1.04. The summed E-state index contributed by atoms with van der Waals surface area (Å²) in [6, 6.07) is -0.0293. The highest BCUT2D eigenvalue weighted by Crippen LogP contribution is 2.28. The van der Waals surface area contributed by atoms with Crippen molar-refractivity contribution in [3.8, 4) is 0 Å². The summed E-state index contributed by atoms with van der Waals surface area (Å²) in [5, 5.41) is 4.78. The molecule has 0 aromatic carbocycles. The average molecular weight is 314 g/mol. The molecule has 2 unspecified atom stereocenters. The number of aromatic nitrogens is 4. The molecule has 0 aliphatic carbocycles. The van der Waals surface area contributed by atoms with Crippen LogP contribution in [0.5, 0.6) is 0 Å². The van der Waals surface area contributed by atoms with Crippen molar-refractivity contribution in [1.29, 1.82) is 0 Å². The maximum Gasteiger partial charge on any atom is 0.333 e. The molecule has 1 saturated heterocycles. The number of ether oxygens (including phenoxy) is 1. The van der Waals surface area contributed by atoms with Crippen LogP contribution in [0.3, 0.4) is 0 Å². The van der Waals surface area contributed by atoms with Gasteiger partial charge in [0.15, 0.2) is 11.5 Å². The number of nitrogens with two attached hydrogens (primary N) is 2. The Morgan fingerprint density at radius 3 is 3.00 bits per heavy atom. The number of fused-ring (bicyclic) bond motifs is 1. The van der Waals surface area contributed by atoms with Crippen LogP contribution in [0.4, 0.5) is 5.82 Å². The van der Waals surface area contributed by atoms with Gasteiger partial charge in [-0.05, 0) is 6.42 Å². The largest absolute Gasteiger partial charge is 0.382 e. The summed E-state index contributed by atoms with van der Waals surface area (Å²) in [4.78, 5) is 12.2. The molecule has 2 aromatic rings. The number of anilines is 1. The van der Waals surface area contributed by atoms with Gasteiger partial charge in [0.25, 0.3) is 0 Å². The molecule has 0 bridgehead atoms. The van der Waals surface area contributed by atoms with Crippen LogP contribution in [0, 0.1) is 0 Å². The van der Waals surface area contributed by atoms with E-state index in [4.69, 9.17) is 15.6 Å². The maximum atomic E-state index is 10.8. The second kappa shape index (κ2) is 5.18. The molecule has 0 radical (unpaired) electrons. The minimum Gasteiger partial charge on any atom is -0.382 e. The zero-order chi connectivity index (χ0) is 15.0. The van der Waals surface area contributed by atoms with Crippen molar-refractivity contribution in [2.24, 2.45) is 5.14 Å². The molecule has 2 atom stereocenters. The molecular formula is C10H14N6O4S. The fourth-order valence-corrected chi connectivity index (χ4v) is 2.65. The van der Waals surface area contributed by atoms with Gasteiger partial charge in [-0.2, -0.15) is 8.42 Å². The molecule has 3 heterocycles. The standard InChI is InChI=1S/C10H14N6O4S/c11-9-8-10(14-4-13-9)16(5-15-8)6-1-7(19-2-6)3-20-21(12,17)18/h4-7H,1-3H2,(H2,11,13,14)(H2,12,17,18). The SMILES string of the molecule is Nc1ncnc2c1ncn2C1COC(COS(N)(=O)=O)C1. The first-order valence-electron chi connectivity index (χ1n) is 6.16. The summed E-state index contributed by atoms with van der Waals surface area (Å²) in [7, 11) is -3.96. The lowest BCUT2D eigenvalue weighted by Crippen LogP contribution is -2.23. The van der Waals surface area contributed by atoms with Crippen molar-refractivity contribution in [1.82, 2.24) is 19.5 Å². The van der Waals surface area contributed by atoms with Crippen molar-refractivity contribution >= 4 is 27.3 Å². The summed E-state index contributed by atoms with van der Waals surface area (Å²) in [5.74, 6) is 0.312. The van der Waals surface area contributed by atoms with Gasteiger partial charge in [-0.1, -0.05) is 0 Å². The molecule has 3 rings (SSSR count). The van der Waals surface area contributed by atoms with E-state index in [2.05, 4.69) is 19.1 Å². The van der Waals surface area contributed by atoms with Crippen LogP contribution in [0.1, 0.15) is 12.5 Å². The number of hydrogen-bond acceptors (Lipinski definition) is 8. The lowest BCUT2D eigenvalue weighted by atomic mass is 10.2. The van der Waals surface area contributed by atoms with E-state index in [1.807, 2.05) is 4.57 Å². The highest BCUT2D eigenvalue weighted by molar-refractivity contribution is 7.84. The van der Waals surface area contributed by atoms with Crippen LogP contribution in [0.25, 0.3) is 11.2 Å². The van der Waals surface area contributed by atoms with E-state index in [1.165, 1.54) is 6.33 Å². The topological polar surface area (TPSA) is 148 Å². The number of rotatable bonds is 4. The van der Waals surface area contributed by atoms with E-state index in [9.17, 15) is 8.42 Å². The second-order valence-electron chi connectivity index (χ2n) is 4.71. The Labute approximate surface area is 120 Å². The van der Waals surface area contributed by atoms with Crippen LogP contribution in [0.2, 0.25) is 0 Å². The molecule has 0 amide bonds. The molecule has 0 spiro atoms. The van der Waals surface area contributed by atoms with Crippen LogP contribution >= 0.6 is 0 Å². The van der Waals surface area contributed by atoms with Crippen LogP contribution in [0.15, 0.2) is 12.7 Å². The van der Waals surface area contributed by atoms with Gasteiger partial charge in [-0.15, -0.1) is 0 Å². The minimum absolute atomic E-state index is 0.0293. The smallest absolute Gasteiger partial charge is 0.333 e. The van der Waals surface area contributed by atoms with Gasteiger partial charge >= 0.3 is 10.3 Å². The van der Waals surface area contributed by atoms with Gasteiger partial charge in [0.2, 0.25) is 0 Å². The Bertz CT molecular complexity index is 760. The Morgan fingerprint density at radius 1 is 1.43 bits per heavy atom. The third-order valence-electron chi connectivity index (χ3n) is 3.26. The molecule has 11 heteroatoms. The zero-order valence-corrected chi connectivity index (χ0v) is 11.7. The molecule has 1 aliphatic rings.